The highest BCUT2D eigenvalue weighted by Crippen LogP contribution is 2.44. The molecule has 1 aromatic carbocycles. The molecule has 1 amide bonds. The highest BCUT2D eigenvalue weighted by atomic mass is 35.5. The number of aliphatic imine (C=N–C) groups is 1. The van der Waals surface area contributed by atoms with Crippen LogP contribution in [0.1, 0.15) is 195 Å². The summed E-state index contributed by atoms with van der Waals surface area (Å²) < 4.78 is 46.9. The van der Waals surface area contributed by atoms with Crippen molar-refractivity contribution in [1.82, 2.24) is 56.4 Å². The molecule has 6 fully saturated rings. The number of morpholine rings is 1. The number of carbonyl (C=O) groups excluding carboxylic acids is 1. The van der Waals surface area contributed by atoms with Crippen LogP contribution in [0, 0.1) is 29.6 Å². The van der Waals surface area contributed by atoms with Crippen LogP contribution in [0.2, 0.25) is 5.02 Å². The lowest BCUT2D eigenvalue weighted by atomic mass is 9.74. The van der Waals surface area contributed by atoms with Crippen LogP contribution in [0.15, 0.2) is 71.7 Å². The Morgan fingerprint density at radius 3 is 2.25 bits per heavy atom. The van der Waals surface area contributed by atoms with Gasteiger partial charge in [-0.05, 0) is 152 Å². The van der Waals surface area contributed by atoms with Gasteiger partial charge in [0.1, 0.15) is 0 Å². The molecule has 8 rings (SSSR count). The van der Waals surface area contributed by atoms with E-state index in [1.165, 1.54) is 94.2 Å². The first-order valence-electron chi connectivity index (χ1n) is 36.1. The number of benzene rings is 1. The Bertz CT molecular complexity index is 2540. The van der Waals surface area contributed by atoms with Gasteiger partial charge in [-0.15, -0.1) is 0 Å². The lowest BCUT2D eigenvalue weighted by molar-refractivity contribution is -0.165. The van der Waals surface area contributed by atoms with Gasteiger partial charge in [-0.1, -0.05) is 110 Å². The molecule has 4 aliphatic heterocycles. The summed E-state index contributed by atoms with van der Waals surface area (Å²) in [6, 6.07) is 6.00. The molecule has 91 heavy (non-hydrogen) atoms. The first-order valence-corrected chi connectivity index (χ1v) is 36.5. The van der Waals surface area contributed by atoms with E-state index >= 15 is 0 Å². The largest absolute Gasteiger partial charge is 0.417 e. The van der Waals surface area contributed by atoms with E-state index in [0.717, 1.165) is 95.0 Å². The van der Waals surface area contributed by atoms with E-state index in [4.69, 9.17) is 21.3 Å². The number of hydrogen-bond acceptors (Lipinski definition) is 13. The fourth-order valence-electron chi connectivity index (χ4n) is 16.6. The number of fused-ring (bicyclic) bond motifs is 2. The van der Waals surface area contributed by atoms with E-state index < -0.39 is 11.7 Å². The Labute approximate surface area is 553 Å². The molecule has 5 unspecified atom stereocenters. The average molecular weight is 1290 g/mol. The predicted molar refractivity (Wildman–Crippen MR) is 370 cm³/mol. The number of alkyl halides is 3. The molecule has 1 aromatic rings. The van der Waals surface area contributed by atoms with Gasteiger partial charge in [0.2, 0.25) is 5.91 Å². The topological polar surface area (TPSA) is 127 Å². The number of ether oxygens (including phenoxy) is 1. The van der Waals surface area contributed by atoms with Gasteiger partial charge >= 0.3 is 6.18 Å². The SMILES string of the molecule is CC[C@H](C)[C@H]1CN[C@@H](CC(C)C)C(C)NCC2[C@@H](C(=O)N3CCOCC3)C(C)N2[C@@H](C2CCCC2)C(C)NC2(CCCC2)CNCCNC=CC(CCc2ccc(C(F)(F)F)c(Cl)c2)=NC=CN(C)C=C(CC2CCCCC2)N(C)C=C2CCCN2[C@@H](C)C(C)N1. The van der Waals surface area contributed by atoms with Crippen molar-refractivity contribution in [2.75, 3.05) is 79.7 Å². The molecule has 7 aliphatic rings. The Kier molecular flexibility index (Phi) is 28.4. The van der Waals surface area contributed by atoms with Gasteiger partial charge in [0.25, 0.3) is 0 Å². The van der Waals surface area contributed by atoms with Crippen LogP contribution in [0.4, 0.5) is 13.2 Å². The molecule has 18 heteroatoms. The molecule has 1 spiro atoms. The highest BCUT2D eigenvalue weighted by Gasteiger charge is 2.56. The maximum absolute atomic E-state index is 14.9. The third kappa shape index (κ3) is 20.7. The van der Waals surface area contributed by atoms with Crippen LogP contribution in [0.25, 0.3) is 0 Å². The summed E-state index contributed by atoms with van der Waals surface area (Å²) in [5.41, 5.74) is 3.32. The number of carbonyl (C=O) groups is 1. The quantitative estimate of drug-likeness (QED) is 0.126. The van der Waals surface area contributed by atoms with Crippen molar-refractivity contribution in [3.8, 4) is 0 Å². The Balaban J connectivity index is 1.09. The summed E-state index contributed by atoms with van der Waals surface area (Å²) >= 11 is 6.21. The molecule has 0 radical (unpaired) electrons. The number of halogens is 4. The Hall–Kier alpha value is -3.68. The van der Waals surface area contributed by atoms with E-state index in [2.05, 4.69) is 145 Å². The maximum Gasteiger partial charge on any atom is 0.417 e. The van der Waals surface area contributed by atoms with Crippen molar-refractivity contribution >= 4 is 23.2 Å². The lowest BCUT2D eigenvalue weighted by Crippen LogP contribution is -2.76. The van der Waals surface area contributed by atoms with E-state index in [9.17, 15) is 18.0 Å². The standard InChI is InChI=1S/C73H122ClF3N12O2/c1-12-52(4)67-46-82-66(43-51(2)3)54(6)81-47-68-69(71(90)87-39-41-91-42-40-87)57(9)89(68)70(60-23-16-17-24-60)55(7)84-72(31-18-19-32-72)50-79-35-34-78-33-30-61(28-26-59-27-29-64(65(74)45-59)73(75,76)77)80-36-38-85(10)48-63(44-58-21-14-13-15-22-58)86(11)49-62-25-20-37-88(62)56(8)53(5)83-67/h27,29-30,33,36,38,45,48-49,51-58,60,66-70,78-79,81-84H,12-26,28,31-32,34-35,37,39-44,46-47,50H2,1-11H3/t52-,53?,54?,55?,56-,57?,66-,67+,68?,69-,70+/m0/s1. The van der Waals surface area contributed by atoms with Crippen molar-refractivity contribution in [2.45, 2.75) is 257 Å². The average Bonchev–Trinajstić information content (AvgIpc) is 1.50. The molecule has 6 N–H and O–H groups in total. The fourth-order valence-corrected chi connectivity index (χ4v) is 16.9. The molecule has 514 valence electrons. The van der Waals surface area contributed by atoms with E-state index in [0.29, 0.717) is 81.3 Å². The molecule has 14 nitrogen and oxygen atoms in total. The lowest BCUT2D eigenvalue weighted by Gasteiger charge is -2.60. The minimum atomic E-state index is -4.52. The zero-order valence-corrected chi connectivity index (χ0v) is 58.8. The van der Waals surface area contributed by atoms with Crippen molar-refractivity contribution in [3.63, 3.8) is 0 Å². The third-order valence-corrected chi connectivity index (χ3v) is 22.6. The number of hydrogen-bond donors (Lipinski definition) is 6. The molecular weight excluding hydrogens is 1170 g/mol. The number of amides is 1. The molecule has 4 heterocycles. The van der Waals surface area contributed by atoms with Gasteiger partial charge in [-0.25, -0.2) is 0 Å². The van der Waals surface area contributed by atoms with Crippen LogP contribution in [-0.4, -0.2) is 176 Å². The normalized spacial score (nSPS) is 30.7. The highest BCUT2D eigenvalue weighted by molar-refractivity contribution is 6.31. The second-order valence-corrected chi connectivity index (χ2v) is 29.8. The monoisotopic (exact) mass is 1290 g/mol. The number of allylic oxidation sites excluding steroid dienone is 3. The number of nitrogens with one attached hydrogen (secondary N) is 6. The van der Waals surface area contributed by atoms with E-state index in [-0.39, 0.29) is 64.8 Å². The molecule has 0 aromatic heterocycles. The van der Waals surface area contributed by atoms with Crippen molar-refractivity contribution in [1.29, 1.82) is 0 Å². The van der Waals surface area contributed by atoms with Gasteiger partial charge in [-0.3, -0.25) is 14.7 Å². The summed E-state index contributed by atoms with van der Waals surface area (Å²) in [6.45, 7) is 29.0. The Morgan fingerprint density at radius 1 is 0.835 bits per heavy atom. The fraction of sp³-hybridized carbons (Fsp3) is 0.781. The summed E-state index contributed by atoms with van der Waals surface area (Å²) in [6.07, 6.45) is 30.2. The number of aryl methyl sites for hydroxylation is 1. The molecular formula is C73H122ClF3N12O2. The summed E-state index contributed by atoms with van der Waals surface area (Å²) in [7, 11) is 4.30. The zero-order chi connectivity index (χ0) is 65.2. The zero-order valence-electron chi connectivity index (χ0n) is 58.0. The van der Waals surface area contributed by atoms with Crippen LogP contribution in [-0.2, 0) is 22.1 Å². The molecule has 11 atom stereocenters. The van der Waals surface area contributed by atoms with Crippen molar-refractivity contribution < 1.29 is 22.7 Å². The summed E-state index contributed by atoms with van der Waals surface area (Å²) in [5.74, 6) is 2.39. The second-order valence-electron chi connectivity index (χ2n) is 29.4. The van der Waals surface area contributed by atoms with Gasteiger partial charge < -0.3 is 56.2 Å². The number of nitrogens with zero attached hydrogens (tertiary/aromatic N) is 6. The molecule has 3 saturated heterocycles. The third-order valence-electron chi connectivity index (χ3n) is 22.3. The minimum Gasteiger partial charge on any atom is -0.390 e. The molecule has 3 saturated carbocycles. The van der Waals surface area contributed by atoms with E-state index in [1.807, 2.05) is 24.7 Å². The van der Waals surface area contributed by atoms with Gasteiger partial charge in [0, 0.05) is 168 Å². The van der Waals surface area contributed by atoms with Crippen LogP contribution >= 0.6 is 11.6 Å². The molecule has 3 aliphatic carbocycles. The van der Waals surface area contributed by atoms with Crippen molar-refractivity contribution in [2.24, 2.45) is 34.6 Å². The molecule has 0 bridgehead atoms. The van der Waals surface area contributed by atoms with Crippen LogP contribution in [0.5, 0.6) is 0 Å². The first kappa shape index (κ1) is 73.1. The first-order chi connectivity index (χ1) is 43.6. The Morgan fingerprint density at radius 2 is 1.56 bits per heavy atom. The van der Waals surface area contributed by atoms with Crippen LogP contribution < -0.4 is 31.9 Å². The predicted octanol–water partition coefficient (Wildman–Crippen LogP) is 12.7. The summed E-state index contributed by atoms with van der Waals surface area (Å²) in [5, 5.41) is 24.1. The van der Waals surface area contributed by atoms with Crippen LogP contribution in [0.3, 0.4) is 0 Å². The van der Waals surface area contributed by atoms with Gasteiger partial charge in [0.05, 0.1) is 29.7 Å². The van der Waals surface area contributed by atoms with Gasteiger partial charge in [0.15, 0.2) is 0 Å². The van der Waals surface area contributed by atoms with E-state index in [1.54, 1.807) is 0 Å². The number of rotatable bonds is 11. The van der Waals surface area contributed by atoms with Crippen molar-refractivity contribution in [3.05, 3.63) is 82.8 Å². The second kappa shape index (κ2) is 35.4. The minimum absolute atomic E-state index is 0.0361. The van der Waals surface area contributed by atoms with Gasteiger partial charge in [-0.2, -0.15) is 13.2 Å². The summed E-state index contributed by atoms with van der Waals surface area (Å²) in [4.78, 5) is 32.0. The smallest absolute Gasteiger partial charge is 0.390 e. The maximum atomic E-state index is 14.9.